The molecule has 0 fully saturated rings. The lowest BCUT2D eigenvalue weighted by Gasteiger charge is -2.18. The standard InChI is InChI=1S/C13H18N2O5/c1-7(16)10-5-4-9(19-3)6-11(10)20-8(2)12(17)15-13(14)18/h4-8,16H,1-3H3,(H3,14,15,17,18)/t7-,8?/m1/s1. The van der Waals surface area contributed by atoms with Crippen LogP contribution < -0.4 is 20.5 Å². The summed E-state index contributed by atoms with van der Waals surface area (Å²) < 4.78 is 10.5. The van der Waals surface area contributed by atoms with Gasteiger partial charge in [0.15, 0.2) is 6.10 Å². The number of hydrogen-bond donors (Lipinski definition) is 3. The zero-order chi connectivity index (χ0) is 15.3. The molecule has 1 aromatic carbocycles. The van der Waals surface area contributed by atoms with Crippen LogP contribution in [0.5, 0.6) is 11.5 Å². The molecule has 0 aliphatic rings. The summed E-state index contributed by atoms with van der Waals surface area (Å²) >= 11 is 0. The van der Waals surface area contributed by atoms with Gasteiger partial charge in [0.25, 0.3) is 5.91 Å². The summed E-state index contributed by atoms with van der Waals surface area (Å²) in [6.45, 7) is 3.03. The fourth-order valence-corrected chi connectivity index (χ4v) is 1.56. The first-order chi connectivity index (χ1) is 9.35. The maximum atomic E-state index is 11.6. The second-order valence-corrected chi connectivity index (χ2v) is 4.19. The zero-order valence-corrected chi connectivity index (χ0v) is 11.5. The molecule has 0 heterocycles. The van der Waals surface area contributed by atoms with E-state index >= 15 is 0 Å². The SMILES string of the molecule is COc1ccc([C@@H](C)O)c(OC(C)C(=O)NC(N)=O)c1. The van der Waals surface area contributed by atoms with Crippen molar-refractivity contribution < 1.29 is 24.2 Å². The summed E-state index contributed by atoms with van der Waals surface area (Å²) in [5.41, 5.74) is 5.37. The number of imide groups is 1. The van der Waals surface area contributed by atoms with Crippen LogP contribution in [0.4, 0.5) is 4.79 Å². The predicted octanol–water partition coefficient (Wildman–Crippen LogP) is 0.711. The van der Waals surface area contributed by atoms with E-state index in [4.69, 9.17) is 15.2 Å². The number of nitrogens with two attached hydrogens (primary N) is 1. The van der Waals surface area contributed by atoms with E-state index in [1.807, 2.05) is 5.32 Å². The second-order valence-electron chi connectivity index (χ2n) is 4.19. The molecule has 0 aliphatic carbocycles. The number of carbonyl (C=O) groups excluding carboxylic acids is 2. The van der Waals surface area contributed by atoms with Gasteiger partial charge in [0.1, 0.15) is 11.5 Å². The number of carbonyl (C=O) groups is 2. The van der Waals surface area contributed by atoms with Crippen molar-refractivity contribution >= 4 is 11.9 Å². The lowest BCUT2D eigenvalue weighted by molar-refractivity contribution is -0.126. The number of nitrogens with one attached hydrogen (secondary N) is 1. The molecular weight excluding hydrogens is 264 g/mol. The highest BCUT2D eigenvalue weighted by molar-refractivity contribution is 5.95. The molecule has 0 bridgehead atoms. The van der Waals surface area contributed by atoms with E-state index in [2.05, 4.69) is 0 Å². The van der Waals surface area contributed by atoms with Crippen LogP contribution in [0.3, 0.4) is 0 Å². The van der Waals surface area contributed by atoms with Gasteiger partial charge in [0.05, 0.1) is 13.2 Å². The number of ether oxygens (including phenoxy) is 2. The first-order valence-electron chi connectivity index (χ1n) is 5.98. The summed E-state index contributed by atoms with van der Waals surface area (Å²) in [6.07, 6.45) is -1.73. The molecule has 4 N–H and O–H groups in total. The average Bonchev–Trinajstić information content (AvgIpc) is 2.37. The normalized spacial score (nSPS) is 13.2. The Balaban J connectivity index is 2.94. The Kier molecular flexibility index (Phi) is 5.33. The lowest BCUT2D eigenvalue weighted by Crippen LogP contribution is -2.42. The minimum absolute atomic E-state index is 0.298. The minimum Gasteiger partial charge on any atom is -0.497 e. The van der Waals surface area contributed by atoms with Crippen LogP contribution in [0.15, 0.2) is 18.2 Å². The Morgan fingerprint density at radius 3 is 2.50 bits per heavy atom. The molecule has 1 unspecified atom stereocenters. The number of methoxy groups -OCH3 is 1. The van der Waals surface area contributed by atoms with Gasteiger partial charge in [0.2, 0.25) is 0 Å². The van der Waals surface area contributed by atoms with E-state index in [0.29, 0.717) is 17.1 Å². The molecule has 0 aliphatic heterocycles. The Morgan fingerprint density at radius 2 is 2.00 bits per heavy atom. The maximum absolute atomic E-state index is 11.6. The molecule has 7 nitrogen and oxygen atoms in total. The first kappa shape index (κ1) is 15.8. The van der Waals surface area contributed by atoms with Crippen LogP contribution in [-0.2, 0) is 4.79 Å². The van der Waals surface area contributed by atoms with Gasteiger partial charge in [-0.05, 0) is 26.0 Å². The number of aliphatic hydroxyl groups is 1. The van der Waals surface area contributed by atoms with Crippen LogP contribution in [0.2, 0.25) is 0 Å². The molecule has 0 aromatic heterocycles. The quantitative estimate of drug-likeness (QED) is 0.736. The van der Waals surface area contributed by atoms with Gasteiger partial charge in [-0.2, -0.15) is 0 Å². The van der Waals surface area contributed by atoms with Gasteiger partial charge in [-0.3, -0.25) is 10.1 Å². The van der Waals surface area contributed by atoms with Gasteiger partial charge < -0.3 is 20.3 Å². The van der Waals surface area contributed by atoms with Gasteiger partial charge >= 0.3 is 6.03 Å². The highest BCUT2D eigenvalue weighted by Gasteiger charge is 2.19. The topological polar surface area (TPSA) is 111 Å². The number of rotatable bonds is 5. The van der Waals surface area contributed by atoms with Crippen molar-refractivity contribution in [1.82, 2.24) is 5.32 Å². The fraction of sp³-hybridized carbons (Fsp3) is 0.385. The van der Waals surface area contributed by atoms with Crippen molar-refractivity contribution in [2.24, 2.45) is 5.73 Å². The monoisotopic (exact) mass is 282 g/mol. The summed E-state index contributed by atoms with van der Waals surface area (Å²) in [7, 11) is 1.49. The van der Waals surface area contributed by atoms with Gasteiger partial charge in [0, 0.05) is 11.6 Å². The van der Waals surface area contributed by atoms with Crippen molar-refractivity contribution in [3.8, 4) is 11.5 Å². The fourth-order valence-electron chi connectivity index (χ4n) is 1.56. The molecule has 0 saturated carbocycles. The van der Waals surface area contributed by atoms with Crippen LogP contribution in [0, 0.1) is 0 Å². The third-order valence-electron chi connectivity index (χ3n) is 2.59. The third kappa shape index (κ3) is 4.13. The first-order valence-corrected chi connectivity index (χ1v) is 5.98. The number of benzene rings is 1. The molecule has 0 spiro atoms. The molecule has 1 aromatic rings. The smallest absolute Gasteiger partial charge is 0.318 e. The summed E-state index contributed by atoms with van der Waals surface area (Å²) in [5.74, 6) is 0.148. The van der Waals surface area contributed by atoms with Crippen LogP contribution in [0.1, 0.15) is 25.5 Å². The van der Waals surface area contributed by atoms with Gasteiger partial charge in [-0.15, -0.1) is 0 Å². The van der Waals surface area contributed by atoms with E-state index < -0.39 is 24.1 Å². The molecule has 7 heteroatoms. The molecule has 20 heavy (non-hydrogen) atoms. The maximum Gasteiger partial charge on any atom is 0.318 e. The van der Waals surface area contributed by atoms with E-state index in [1.54, 1.807) is 25.1 Å². The largest absolute Gasteiger partial charge is 0.497 e. The highest BCUT2D eigenvalue weighted by atomic mass is 16.5. The van der Waals surface area contributed by atoms with Crippen LogP contribution in [-0.4, -0.2) is 30.3 Å². The van der Waals surface area contributed by atoms with Gasteiger partial charge in [-0.1, -0.05) is 0 Å². The number of primary amides is 1. The predicted molar refractivity (Wildman–Crippen MR) is 71.4 cm³/mol. The Morgan fingerprint density at radius 1 is 1.35 bits per heavy atom. The van der Waals surface area contributed by atoms with E-state index in [9.17, 15) is 14.7 Å². The number of aliphatic hydroxyl groups excluding tert-OH is 1. The van der Waals surface area contributed by atoms with Crippen LogP contribution >= 0.6 is 0 Å². The van der Waals surface area contributed by atoms with Gasteiger partial charge in [-0.25, -0.2) is 4.79 Å². The zero-order valence-electron chi connectivity index (χ0n) is 11.5. The van der Waals surface area contributed by atoms with E-state index in [1.165, 1.54) is 14.0 Å². The lowest BCUT2D eigenvalue weighted by atomic mass is 10.1. The van der Waals surface area contributed by atoms with E-state index in [0.717, 1.165) is 0 Å². The summed E-state index contributed by atoms with van der Waals surface area (Å²) in [6, 6.07) is 3.91. The Bertz CT molecular complexity index is 502. The van der Waals surface area contributed by atoms with Crippen LogP contribution in [0.25, 0.3) is 0 Å². The third-order valence-corrected chi connectivity index (χ3v) is 2.59. The van der Waals surface area contributed by atoms with Crippen molar-refractivity contribution in [3.05, 3.63) is 23.8 Å². The van der Waals surface area contributed by atoms with Crippen molar-refractivity contribution in [2.45, 2.75) is 26.1 Å². The molecule has 2 atom stereocenters. The highest BCUT2D eigenvalue weighted by Crippen LogP contribution is 2.30. The van der Waals surface area contributed by atoms with Crippen molar-refractivity contribution in [3.63, 3.8) is 0 Å². The molecule has 110 valence electrons. The van der Waals surface area contributed by atoms with E-state index in [-0.39, 0.29) is 0 Å². The molecular formula is C13H18N2O5. The number of urea groups is 1. The molecule has 0 saturated heterocycles. The molecule has 3 amide bonds. The number of hydrogen-bond acceptors (Lipinski definition) is 5. The molecule has 1 rings (SSSR count). The van der Waals surface area contributed by atoms with Crippen molar-refractivity contribution in [1.29, 1.82) is 0 Å². The Hall–Kier alpha value is -2.28. The Labute approximate surface area is 116 Å². The van der Waals surface area contributed by atoms with Crippen molar-refractivity contribution in [2.75, 3.05) is 7.11 Å². The molecule has 0 radical (unpaired) electrons. The number of amides is 3. The second kappa shape index (κ2) is 6.76. The minimum atomic E-state index is -0.952. The summed E-state index contributed by atoms with van der Waals surface area (Å²) in [4.78, 5) is 22.2. The average molecular weight is 282 g/mol. The summed E-state index contributed by atoms with van der Waals surface area (Å²) in [5, 5.41) is 11.6.